The van der Waals surface area contributed by atoms with E-state index in [1.807, 2.05) is 39.0 Å². The van der Waals surface area contributed by atoms with Crippen LogP contribution in [-0.2, 0) is 14.4 Å². The molecule has 10 heteroatoms. The van der Waals surface area contributed by atoms with E-state index < -0.39 is 23.8 Å². The molecular weight excluding hydrogens is 529 g/mol. The molecule has 0 bridgehead atoms. The van der Waals surface area contributed by atoms with Crippen molar-refractivity contribution in [3.8, 4) is 5.75 Å². The predicted octanol–water partition coefficient (Wildman–Crippen LogP) is 5.60. The standard InChI is InChI=1S/C28H23Cl2N3O5/c1-15-5-4-6-19(9-15)31-24(34)14-38-25-22(29)12-18(13-23(25)30)11-21-26(35)32-28(37)33(27(21)36)20-8-7-16(2)17(3)10-20/h4-13H,14H2,1-3H3,(H,31,34)(H,32,35,37)/b21-11-. The molecule has 1 fully saturated rings. The summed E-state index contributed by atoms with van der Waals surface area (Å²) in [4.78, 5) is 51.4. The Morgan fingerprint density at radius 3 is 2.34 bits per heavy atom. The van der Waals surface area contributed by atoms with Crippen molar-refractivity contribution < 1.29 is 23.9 Å². The summed E-state index contributed by atoms with van der Waals surface area (Å²) in [5, 5.41) is 5.04. The molecule has 1 heterocycles. The van der Waals surface area contributed by atoms with Crippen molar-refractivity contribution in [1.82, 2.24) is 5.32 Å². The van der Waals surface area contributed by atoms with Gasteiger partial charge in [0.05, 0.1) is 15.7 Å². The van der Waals surface area contributed by atoms with Gasteiger partial charge in [0, 0.05) is 5.69 Å². The zero-order valence-electron chi connectivity index (χ0n) is 20.7. The second-order valence-electron chi connectivity index (χ2n) is 8.75. The number of nitrogens with one attached hydrogen (secondary N) is 2. The maximum Gasteiger partial charge on any atom is 0.335 e. The molecule has 1 aliphatic heterocycles. The van der Waals surface area contributed by atoms with E-state index in [0.717, 1.165) is 21.6 Å². The van der Waals surface area contributed by atoms with Gasteiger partial charge in [-0.1, -0.05) is 41.4 Å². The van der Waals surface area contributed by atoms with Crippen LogP contribution in [0.5, 0.6) is 5.75 Å². The Labute approximate surface area is 229 Å². The van der Waals surface area contributed by atoms with Crippen LogP contribution in [0.15, 0.2) is 60.2 Å². The van der Waals surface area contributed by atoms with Gasteiger partial charge < -0.3 is 10.1 Å². The van der Waals surface area contributed by atoms with Crippen LogP contribution in [-0.4, -0.2) is 30.4 Å². The van der Waals surface area contributed by atoms with Crippen LogP contribution in [0.2, 0.25) is 10.0 Å². The summed E-state index contributed by atoms with van der Waals surface area (Å²) in [5.41, 5.74) is 3.87. The first-order chi connectivity index (χ1) is 18.0. The summed E-state index contributed by atoms with van der Waals surface area (Å²) >= 11 is 12.7. The van der Waals surface area contributed by atoms with Gasteiger partial charge in [0.25, 0.3) is 17.7 Å². The molecule has 0 aliphatic carbocycles. The number of barbiturate groups is 1. The second kappa shape index (κ2) is 11.1. The molecule has 0 saturated carbocycles. The van der Waals surface area contributed by atoms with Gasteiger partial charge in [0.2, 0.25) is 0 Å². The van der Waals surface area contributed by atoms with Gasteiger partial charge >= 0.3 is 6.03 Å². The maximum absolute atomic E-state index is 13.2. The van der Waals surface area contributed by atoms with E-state index >= 15 is 0 Å². The summed E-state index contributed by atoms with van der Waals surface area (Å²) in [7, 11) is 0. The third-order valence-electron chi connectivity index (χ3n) is 5.83. The van der Waals surface area contributed by atoms with Crippen molar-refractivity contribution in [1.29, 1.82) is 0 Å². The molecule has 3 aromatic rings. The number of carbonyl (C=O) groups is 4. The number of imide groups is 2. The van der Waals surface area contributed by atoms with Gasteiger partial charge in [0.15, 0.2) is 12.4 Å². The van der Waals surface area contributed by atoms with Crippen LogP contribution >= 0.6 is 23.2 Å². The molecule has 0 atom stereocenters. The van der Waals surface area contributed by atoms with Gasteiger partial charge in [-0.25, -0.2) is 9.69 Å². The first-order valence-electron chi connectivity index (χ1n) is 11.5. The summed E-state index contributed by atoms with van der Waals surface area (Å²) < 4.78 is 5.53. The molecule has 1 saturated heterocycles. The monoisotopic (exact) mass is 551 g/mol. The number of benzene rings is 3. The normalized spacial score (nSPS) is 14.5. The Balaban J connectivity index is 1.53. The number of aryl methyl sites for hydroxylation is 3. The molecule has 4 rings (SSSR count). The van der Waals surface area contributed by atoms with E-state index in [1.165, 1.54) is 18.2 Å². The molecule has 0 unspecified atom stereocenters. The highest BCUT2D eigenvalue weighted by Crippen LogP contribution is 2.35. The number of urea groups is 1. The van der Waals surface area contributed by atoms with Gasteiger partial charge in [0.1, 0.15) is 5.57 Å². The van der Waals surface area contributed by atoms with E-state index in [9.17, 15) is 19.2 Å². The first-order valence-corrected chi connectivity index (χ1v) is 12.3. The Hall–Kier alpha value is -4.14. The molecule has 0 radical (unpaired) electrons. The Morgan fingerprint density at radius 1 is 0.974 bits per heavy atom. The minimum Gasteiger partial charge on any atom is -0.481 e. The van der Waals surface area contributed by atoms with Gasteiger partial charge in [-0.3, -0.25) is 19.7 Å². The van der Waals surface area contributed by atoms with Crippen molar-refractivity contribution in [2.24, 2.45) is 0 Å². The van der Waals surface area contributed by atoms with Crippen molar-refractivity contribution in [2.45, 2.75) is 20.8 Å². The summed E-state index contributed by atoms with van der Waals surface area (Å²) in [6.07, 6.45) is 1.28. The average Bonchev–Trinajstić information content (AvgIpc) is 2.83. The highest BCUT2D eigenvalue weighted by molar-refractivity contribution is 6.40. The third-order valence-corrected chi connectivity index (χ3v) is 6.39. The number of amides is 5. The lowest BCUT2D eigenvalue weighted by molar-refractivity contribution is -0.122. The third kappa shape index (κ3) is 5.88. The number of hydrogen-bond donors (Lipinski definition) is 2. The van der Waals surface area contributed by atoms with Crippen molar-refractivity contribution >= 4 is 64.4 Å². The van der Waals surface area contributed by atoms with Crippen LogP contribution in [0.25, 0.3) is 6.08 Å². The molecule has 0 aromatic heterocycles. The Morgan fingerprint density at radius 2 is 1.68 bits per heavy atom. The van der Waals surface area contributed by atoms with Crippen LogP contribution in [0, 0.1) is 20.8 Å². The van der Waals surface area contributed by atoms with Crippen molar-refractivity contribution in [3.05, 3.63) is 92.5 Å². The molecule has 0 spiro atoms. The number of nitrogens with zero attached hydrogens (tertiary/aromatic N) is 1. The highest BCUT2D eigenvalue weighted by atomic mass is 35.5. The number of halogens is 2. The molecule has 8 nitrogen and oxygen atoms in total. The number of carbonyl (C=O) groups excluding carboxylic acids is 4. The van der Waals surface area contributed by atoms with Crippen molar-refractivity contribution in [2.75, 3.05) is 16.8 Å². The molecule has 2 N–H and O–H groups in total. The largest absolute Gasteiger partial charge is 0.481 e. The lowest BCUT2D eigenvalue weighted by atomic mass is 10.0. The lowest BCUT2D eigenvalue weighted by Gasteiger charge is -2.27. The summed E-state index contributed by atoms with van der Waals surface area (Å²) in [6.45, 7) is 5.32. The molecule has 3 aromatic carbocycles. The van der Waals surface area contributed by atoms with E-state index in [1.54, 1.807) is 24.3 Å². The maximum atomic E-state index is 13.2. The number of rotatable bonds is 6. The smallest absolute Gasteiger partial charge is 0.335 e. The summed E-state index contributed by atoms with van der Waals surface area (Å²) in [6, 6.07) is 14.4. The van der Waals surface area contributed by atoms with Gasteiger partial charge in [-0.2, -0.15) is 0 Å². The lowest BCUT2D eigenvalue weighted by Crippen LogP contribution is -2.54. The van der Waals surface area contributed by atoms with Crippen LogP contribution in [0.3, 0.4) is 0 Å². The first kappa shape index (κ1) is 26.9. The van der Waals surface area contributed by atoms with E-state index in [-0.39, 0.29) is 28.0 Å². The quantitative estimate of drug-likeness (QED) is 0.306. The van der Waals surface area contributed by atoms with E-state index in [2.05, 4.69) is 10.6 Å². The fourth-order valence-corrected chi connectivity index (χ4v) is 4.39. The minimum atomic E-state index is -0.847. The summed E-state index contributed by atoms with van der Waals surface area (Å²) in [5.74, 6) is -1.97. The molecule has 38 heavy (non-hydrogen) atoms. The van der Waals surface area contributed by atoms with Crippen LogP contribution < -0.4 is 20.3 Å². The minimum absolute atomic E-state index is 0.0680. The van der Waals surface area contributed by atoms with E-state index in [0.29, 0.717) is 16.9 Å². The number of hydrogen-bond acceptors (Lipinski definition) is 5. The number of ether oxygens (including phenoxy) is 1. The highest BCUT2D eigenvalue weighted by Gasteiger charge is 2.37. The topological polar surface area (TPSA) is 105 Å². The molecular formula is C28H23Cl2N3O5. The molecule has 194 valence electrons. The number of anilines is 2. The van der Waals surface area contributed by atoms with Crippen molar-refractivity contribution in [3.63, 3.8) is 0 Å². The fourth-order valence-electron chi connectivity index (χ4n) is 3.78. The second-order valence-corrected chi connectivity index (χ2v) is 9.56. The van der Waals surface area contributed by atoms with Crippen LogP contribution in [0.4, 0.5) is 16.2 Å². The average molecular weight is 552 g/mol. The van der Waals surface area contributed by atoms with E-state index in [4.69, 9.17) is 27.9 Å². The van der Waals surface area contributed by atoms with Gasteiger partial charge in [-0.15, -0.1) is 0 Å². The zero-order valence-corrected chi connectivity index (χ0v) is 22.2. The molecule has 5 amide bonds. The Kier molecular flexibility index (Phi) is 7.85. The Bertz CT molecular complexity index is 1490. The molecule has 1 aliphatic rings. The van der Waals surface area contributed by atoms with Crippen LogP contribution in [0.1, 0.15) is 22.3 Å². The SMILES string of the molecule is Cc1cccc(NC(=O)COc2c(Cl)cc(/C=C3/C(=O)NC(=O)N(c4ccc(C)c(C)c4)C3=O)cc2Cl)c1. The van der Waals surface area contributed by atoms with Gasteiger partial charge in [-0.05, 0) is 85.5 Å². The predicted molar refractivity (Wildman–Crippen MR) is 147 cm³/mol. The zero-order chi connectivity index (χ0) is 27.6. The fraction of sp³-hybridized carbons (Fsp3) is 0.143.